The van der Waals surface area contributed by atoms with Gasteiger partial charge < -0.3 is 19.9 Å². The zero-order valence-corrected chi connectivity index (χ0v) is 14.5. The lowest BCUT2D eigenvalue weighted by atomic mass is 10.1. The first kappa shape index (κ1) is 17.0. The van der Waals surface area contributed by atoms with Crippen molar-refractivity contribution < 1.29 is 5.11 Å². The number of aliphatic hydroxyl groups excluding tert-OH is 1. The number of rotatable bonds is 7. The van der Waals surface area contributed by atoms with Crippen molar-refractivity contribution in [2.75, 3.05) is 30.4 Å². The predicted molar refractivity (Wildman–Crippen MR) is 100 cm³/mol. The number of aromatic nitrogens is 3. The Kier molecular flexibility index (Phi) is 5.30. The van der Waals surface area contributed by atoms with Gasteiger partial charge in [0.05, 0.1) is 24.8 Å². The molecule has 6 nitrogen and oxygen atoms in total. The van der Waals surface area contributed by atoms with Crippen molar-refractivity contribution in [3.8, 4) is 5.69 Å². The number of hydrogen-bond acceptors (Lipinski definition) is 5. The van der Waals surface area contributed by atoms with E-state index in [0.717, 1.165) is 17.2 Å². The smallest absolute Gasteiger partial charge is 0.126 e. The summed E-state index contributed by atoms with van der Waals surface area (Å²) in [5.41, 5.74) is 3.26. The molecule has 6 heteroatoms. The zero-order valence-electron chi connectivity index (χ0n) is 14.5. The molecule has 130 valence electrons. The summed E-state index contributed by atoms with van der Waals surface area (Å²) in [4.78, 5) is 10.5. The number of pyridine rings is 1. The summed E-state index contributed by atoms with van der Waals surface area (Å²) in [5.74, 6) is 0.826. The SMILES string of the molecule is CC(Nc1ccc(N(C)CCO)cn1)c1ccc(-n2ccnc2)cc1. The molecule has 3 aromatic rings. The average Bonchev–Trinajstić information content (AvgIpc) is 3.17. The van der Waals surface area contributed by atoms with E-state index in [4.69, 9.17) is 5.11 Å². The van der Waals surface area contributed by atoms with Crippen molar-refractivity contribution in [2.24, 2.45) is 0 Å². The summed E-state index contributed by atoms with van der Waals surface area (Å²) in [6.07, 6.45) is 7.30. The molecule has 0 bridgehead atoms. The van der Waals surface area contributed by atoms with Gasteiger partial charge in [-0.2, -0.15) is 0 Å². The van der Waals surface area contributed by atoms with Crippen LogP contribution in [-0.4, -0.2) is 39.8 Å². The van der Waals surface area contributed by atoms with Gasteiger partial charge >= 0.3 is 0 Å². The summed E-state index contributed by atoms with van der Waals surface area (Å²) in [7, 11) is 1.94. The van der Waals surface area contributed by atoms with Gasteiger partial charge in [-0.1, -0.05) is 12.1 Å². The number of nitrogens with one attached hydrogen (secondary N) is 1. The van der Waals surface area contributed by atoms with Gasteiger partial charge in [0, 0.05) is 37.7 Å². The highest BCUT2D eigenvalue weighted by Gasteiger charge is 2.07. The Morgan fingerprint density at radius 1 is 1.20 bits per heavy atom. The monoisotopic (exact) mass is 337 g/mol. The van der Waals surface area contributed by atoms with Gasteiger partial charge in [-0.25, -0.2) is 9.97 Å². The number of anilines is 2. The Bertz CT molecular complexity index is 769. The molecule has 0 amide bonds. The Morgan fingerprint density at radius 2 is 2.00 bits per heavy atom. The molecule has 1 atom stereocenters. The fraction of sp³-hybridized carbons (Fsp3) is 0.263. The van der Waals surface area contributed by atoms with Crippen LogP contribution in [-0.2, 0) is 0 Å². The van der Waals surface area contributed by atoms with Crippen LogP contribution in [0.15, 0.2) is 61.3 Å². The van der Waals surface area contributed by atoms with Gasteiger partial charge in [0.1, 0.15) is 5.82 Å². The van der Waals surface area contributed by atoms with Crippen LogP contribution in [0.5, 0.6) is 0 Å². The van der Waals surface area contributed by atoms with Crippen LogP contribution in [0, 0.1) is 0 Å². The van der Waals surface area contributed by atoms with E-state index in [1.165, 1.54) is 5.56 Å². The maximum Gasteiger partial charge on any atom is 0.126 e. The summed E-state index contributed by atoms with van der Waals surface area (Å²) >= 11 is 0. The van der Waals surface area contributed by atoms with Crippen molar-refractivity contribution in [3.63, 3.8) is 0 Å². The van der Waals surface area contributed by atoms with Crippen molar-refractivity contribution in [3.05, 3.63) is 66.9 Å². The Labute approximate surface area is 147 Å². The zero-order chi connectivity index (χ0) is 17.6. The van der Waals surface area contributed by atoms with Crippen LogP contribution in [0.2, 0.25) is 0 Å². The first-order chi connectivity index (χ1) is 12.2. The second-order valence-corrected chi connectivity index (χ2v) is 5.97. The first-order valence-electron chi connectivity index (χ1n) is 8.30. The highest BCUT2D eigenvalue weighted by Crippen LogP contribution is 2.21. The van der Waals surface area contributed by atoms with Gasteiger partial charge in [-0.15, -0.1) is 0 Å². The molecule has 0 aliphatic rings. The molecule has 2 aromatic heterocycles. The maximum absolute atomic E-state index is 9.00. The van der Waals surface area contributed by atoms with E-state index in [0.29, 0.717) is 6.54 Å². The van der Waals surface area contributed by atoms with E-state index in [-0.39, 0.29) is 12.6 Å². The minimum absolute atomic E-state index is 0.128. The Morgan fingerprint density at radius 3 is 2.60 bits per heavy atom. The van der Waals surface area contributed by atoms with Gasteiger partial charge in [0.15, 0.2) is 0 Å². The molecule has 2 N–H and O–H groups in total. The summed E-state index contributed by atoms with van der Waals surface area (Å²) in [6, 6.07) is 12.5. The third-order valence-electron chi connectivity index (χ3n) is 4.18. The van der Waals surface area contributed by atoms with Crippen LogP contribution in [0.25, 0.3) is 5.69 Å². The van der Waals surface area contributed by atoms with E-state index in [2.05, 4.69) is 46.5 Å². The van der Waals surface area contributed by atoms with E-state index >= 15 is 0 Å². The summed E-state index contributed by atoms with van der Waals surface area (Å²) in [5, 5.41) is 12.4. The molecule has 2 heterocycles. The normalized spacial score (nSPS) is 12.0. The Hall–Kier alpha value is -2.86. The third kappa shape index (κ3) is 4.16. The second kappa shape index (κ2) is 7.81. The number of benzene rings is 1. The molecular formula is C19H23N5O. The number of imidazole rings is 1. The average molecular weight is 337 g/mol. The minimum atomic E-state index is 0.128. The van der Waals surface area contributed by atoms with E-state index < -0.39 is 0 Å². The number of hydrogen-bond donors (Lipinski definition) is 2. The fourth-order valence-electron chi connectivity index (χ4n) is 2.63. The highest BCUT2D eigenvalue weighted by molar-refractivity contribution is 5.50. The largest absolute Gasteiger partial charge is 0.395 e. The topological polar surface area (TPSA) is 66.2 Å². The molecule has 1 unspecified atom stereocenters. The van der Waals surface area contributed by atoms with E-state index in [9.17, 15) is 0 Å². The molecule has 25 heavy (non-hydrogen) atoms. The fourth-order valence-corrected chi connectivity index (χ4v) is 2.63. The van der Waals surface area contributed by atoms with Gasteiger partial charge in [-0.3, -0.25) is 0 Å². The Balaban J connectivity index is 1.64. The lowest BCUT2D eigenvalue weighted by molar-refractivity contribution is 0.304. The first-order valence-corrected chi connectivity index (χ1v) is 8.30. The third-order valence-corrected chi connectivity index (χ3v) is 4.18. The molecule has 1 aromatic carbocycles. The molecule has 0 spiro atoms. The van der Waals surface area contributed by atoms with Gasteiger partial charge in [0.25, 0.3) is 0 Å². The van der Waals surface area contributed by atoms with Crippen LogP contribution in [0.4, 0.5) is 11.5 Å². The van der Waals surface area contributed by atoms with E-state index in [1.807, 2.05) is 41.0 Å². The summed E-state index contributed by atoms with van der Waals surface area (Å²) < 4.78 is 1.98. The lowest BCUT2D eigenvalue weighted by Gasteiger charge is -2.19. The predicted octanol–water partition coefficient (Wildman–Crippen LogP) is 2.87. The number of aliphatic hydroxyl groups is 1. The second-order valence-electron chi connectivity index (χ2n) is 5.97. The van der Waals surface area contributed by atoms with Crippen molar-refractivity contribution in [2.45, 2.75) is 13.0 Å². The van der Waals surface area contributed by atoms with Crippen LogP contribution in [0.1, 0.15) is 18.5 Å². The molecule has 0 saturated carbocycles. The van der Waals surface area contributed by atoms with Crippen LogP contribution < -0.4 is 10.2 Å². The summed E-state index contributed by atoms with van der Waals surface area (Å²) in [6.45, 7) is 2.83. The number of nitrogens with zero attached hydrogens (tertiary/aromatic N) is 4. The van der Waals surface area contributed by atoms with Gasteiger partial charge in [0.2, 0.25) is 0 Å². The molecule has 0 radical (unpaired) electrons. The number of likely N-dealkylation sites (N-methyl/N-ethyl adjacent to an activating group) is 1. The van der Waals surface area contributed by atoms with Crippen molar-refractivity contribution in [1.82, 2.24) is 14.5 Å². The minimum Gasteiger partial charge on any atom is -0.395 e. The lowest BCUT2D eigenvalue weighted by Crippen LogP contribution is -2.21. The van der Waals surface area contributed by atoms with Crippen LogP contribution >= 0.6 is 0 Å². The quantitative estimate of drug-likeness (QED) is 0.694. The highest BCUT2D eigenvalue weighted by atomic mass is 16.3. The molecule has 0 aliphatic carbocycles. The van der Waals surface area contributed by atoms with Crippen molar-refractivity contribution in [1.29, 1.82) is 0 Å². The molecule has 3 rings (SSSR count). The molecular weight excluding hydrogens is 314 g/mol. The van der Waals surface area contributed by atoms with E-state index in [1.54, 1.807) is 12.5 Å². The van der Waals surface area contributed by atoms with Crippen LogP contribution in [0.3, 0.4) is 0 Å². The molecule has 0 saturated heterocycles. The van der Waals surface area contributed by atoms with Gasteiger partial charge in [-0.05, 0) is 36.8 Å². The molecule has 0 fully saturated rings. The maximum atomic E-state index is 9.00. The van der Waals surface area contributed by atoms with Crippen molar-refractivity contribution >= 4 is 11.5 Å². The molecule has 0 aliphatic heterocycles. The standard InChI is InChI=1S/C19H23N5O/c1-15(16-3-5-17(6-4-16)24-10-9-20-14-24)22-19-8-7-18(13-21-19)23(2)11-12-25/h3-10,13-15,25H,11-12H2,1-2H3,(H,21,22).